The summed E-state index contributed by atoms with van der Waals surface area (Å²) < 4.78 is 51.5. The molecule has 3 heterocycles. The number of likely N-dealkylation sites (tertiary alicyclic amines) is 1. The number of hydrogen-bond acceptors (Lipinski definition) is 6. The summed E-state index contributed by atoms with van der Waals surface area (Å²) in [5, 5.41) is 3.75. The highest BCUT2D eigenvalue weighted by Crippen LogP contribution is 2.40. The van der Waals surface area contributed by atoms with E-state index in [9.17, 15) is 22.8 Å². The van der Waals surface area contributed by atoms with Gasteiger partial charge < -0.3 is 19.7 Å². The fourth-order valence-corrected chi connectivity index (χ4v) is 4.26. The number of halogens is 3. The molecule has 170 valence electrons. The molecule has 1 saturated heterocycles. The maximum atomic E-state index is 13.6. The molecule has 0 unspecified atom stereocenters. The first-order valence-electron chi connectivity index (χ1n) is 9.55. The standard InChI is InChI=1S/C20H24F3N3O4S/c1-18(2,3)30-17(28)26-8-19(4,9-26)10-29-13-6-12(20(21,22)23)15-14(25-13)11(7-31-15)16(27)24-5/h6-7H,8-10H2,1-5H3,(H,24,27). The topological polar surface area (TPSA) is 80.8 Å². The lowest BCUT2D eigenvalue weighted by molar-refractivity contribution is -0.136. The highest BCUT2D eigenvalue weighted by atomic mass is 32.1. The van der Waals surface area contributed by atoms with E-state index in [4.69, 9.17) is 9.47 Å². The van der Waals surface area contributed by atoms with Crippen molar-refractivity contribution in [2.24, 2.45) is 5.41 Å². The van der Waals surface area contributed by atoms with Gasteiger partial charge >= 0.3 is 12.3 Å². The Labute approximate surface area is 181 Å². The molecule has 0 aliphatic carbocycles. The lowest BCUT2D eigenvalue weighted by Gasteiger charge is -2.47. The molecule has 3 rings (SSSR count). The van der Waals surface area contributed by atoms with Crippen molar-refractivity contribution in [3.05, 3.63) is 22.6 Å². The molecule has 2 aromatic heterocycles. The van der Waals surface area contributed by atoms with E-state index in [-0.39, 0.29) is 28.3 Å². The third-order valence-corrected chi connectivity index (χ3v) is 5.64. The van der Waals surface area contributed by atoms with E-state index in [0.717, 1.165) is 17.4 Å². The summed E-state index contributed by atoms with van der Waals surface area (Å²) in [7, 11) is 1.39. The van der Waals surface area contributed by atoms with E-state index >= 15 is 0 Å². The Kier molecular flexibility index (Phi) is 5.85. The molecule has 2 amide bonds. The van der Waals surface area contributed by atoms with Crippen LogP contribution in [-0.2, 0) is 10.9 Å². The number of nitrogens with one attached hydrogen (secondary N) is 1. The molecule has 1 aliphatic rings. The monoisotopic (exact) mass is 459 g/mol. The van der Waals surface area contributed by atoms with Gasteiger partial charge in [0.1, 0.15) is 5.60 Å². The predicted molar refractivity (Wildman–Crippen MR) is 109 cm³/mol. The number of ether oxygens (including phenoxy) is 2. The van der Waals surface area contributed by atoms with Crippen LogP contribution < -0.4 is 10.1 Å². The first kappa shape index (κ1) is 23.1. The van der Waals surface area contributed by atoms with Crippen LogP contribution in [0.4, 0.5) is 18.0 Å². The Bertz CT molecular complexity index is 1010. The van der Waals surface area contributed by atoms with Gasteiger partial charge in [0.15, 0.2) is 0 Å². The van der Waals surface area contributed by atoms with Crippen molar-refractivity contribution in [3.8, 4) is 5.88 Å². The van der Waals surface area contributed by atoms with Crippen LogP contribution in [-0.4, -0.2) is 54.2 Å². The Morgan fingerprint density at radius 1 is 1.29 bits per heavy atom. The molecule has 0 atom stereocenters. The number of fused-ring (bicyclic) bond motifs is 1. The molecule has 11 heteroatoms. The van der Waals surface area contributed by atoms with Crippen molar-refractivity contribution in [2.75, 3.05) is 26.7 Å². The zero-order chi connectivity index (χ0) is 23.2. The predicted octanol–water partition coefficient (Wildman–Crippen LogP) is 4.31. The molecule has 0 radical (unpaired) electrons. The van der Waals surface area contributed by atoms with Gasteiger partial charge in [-0.2, -0.15) is 13.2 Å². The maximum absolute atomic E-state index is 13.6. The average molecular weight is 459 g/mol. The Morgan fingerprint density at radius 2 is 1.94 bits per heavy atom. The first-order chi connectivity index (χ1) is 14.2. The number of nitrogens with zero attached hydrogens (tertiary/aromatic N) is 2. The normalized spacial score (nSPS) is 16.1. The van der Waals surface area contributed by atoms with Crippen molar-refractivity contribution < 1.29 is 32.2 Å². The summed E-state index contributed by atoms with van der Waals surface area (Å²) in [5.74, 6) is -0.747. The van der Waals surface area contributed by atoms with Crippen LogP contribution in [0.3, 0.4) is 0 Å². The average Bonchev–Trinajstić information content (AvgIpc) is 3.04. The van der Waals surface area contributed by atoms with Crippen LogP contribution in [0.1, 0.15) is 43.6 Å². The van der Waals surface area contributed by atoms with Gasteiger partial charge in [0.2, 0.25) is 5.88 Å². The van der Waals surface area contributed by atoms with Gasteiger partial charge in [-0.15, -0.1) is 11.3 Å². The molecule has 31 heavy (non-hydrogen) atoms. The lowest BCUT2D eigenvalue weighted by atomic mass is 9.83. The van der Waals surface area contributed by atoms with E-state index < -0.39 is 34.8 Å². The summed E-state index contributed by atoms with van der Waals surface area (Å²) in [4.78, 5) is 29.8. The number of carbonyl (C=O) groups excluding carboxylic acids is 2. The van der Waals surface area contributed by atoms with Crippen molar-refractivity contribution in [3.63, 3.8) is 0 Å². The molecule has 1 fully saturated rings. The number of thiophene rings is 1. The Hall–Kier alpha value is -2.56. The second kappa shape index (κ2) is 7.85. The molecular formula is C20H24F3N3O4S. The van der Waals surface area contributed by atoms with Crippen molar-refractivity contribution in [2.45, 2.75) is 39.5 Å². The number of aromatic nitrogens is 1. The zero-order valence-corrected chi connectivity index (χ0v) is 18.7. The fraction of sp³-hybridized carbons (Fsp3) is 0.550. The van der Waals surface area contributed by atoms with Gasteiger partial charge in [0, 0.05) is 37.0 Å². The number of pyridine rings is 1. The minimum Gasteiger partial charge on any atom is -0.477 e. The van der Waals surface area contributed by atoms with E-state index in [1.807, 2.05) is 6.92 Å². The molecular weight excluding hydrogens is 435 g/mol. The van der Waals surface area contributed by atoms with Gasteiger partial charge in [-0.25, -0.2) is 9.78 Å². The molecule has 0 aromatic carbocycles. The minimum absolute atomic E-state index is 0.0525. The third-order valence-electron chi connectivity index (χ3n) is 4.64. The van der Waals surface area contributed by atoms with Crippen LogP contribution in [0.2, 0.25) is 0 Å². The van der Waals surface area contributed by atoms with Gasteiger partial charge in [-0.3, -0.25) is 4.79 Å². The van der Waals surface area contributed by atoms with Crippen LogP contribution in [0.15, 0.2) is 11.4 Å². The molecule has 7 nitrogen and oxygen atoms in total. The van der Waals surface area contributed by atoms with Crippen molar-refractivity contribution in [1.82, 2.24) is 15.2 Å². The zero-order valence-electron chi connectivity index (χ0n) is 17.8. The SMILES string of the molecule is CNC(=O)c1csc2c(C(F)(F)F)cc(OCC3(C)CN(C(=O)OC(C)(C)C)C3)nc12. The lowest BCUT2D eigenvalue weighted by Crippen LogP contribution is -2.60. The van der Waals surface area contributed by atoms with Crippen LogP contribution in [0, 0.1) is 5.41 Å². The number of rotatable bonds is 4. The summed E-state index contributed by atoms with van der Waals surface area (Å²) >= 11 is 0.810. The van der Waals surface area contributed by atoms with Crippen LogP contribution in [0.25, 0.3) is 10.2 Å². The van der Waals surface area contributed by atoms with E-state index in [0.29, 0.717) is 13.1 Å². The second-order valence-electron chi connectivity index (χ2n) is 8.85. The minimum atomic E-state index is -4.63. The summed E-state index contributed by atoms with van der Waals surface area (Å²) in [6.07, 6.45) is -5.07. The fourth-order valence-electron chi connectivity index (χ4n) is 3.24. The van der Waals surface area contributed by atoms with Crippen molar-refractivity contribution in [1.29, 1.82) is 0 Å². The Balaban J connectivity index is 1.78. The molecule has 0 saturated carbocycles. The molecule has 2 aromatic rings. The highest BCUT2D eigenvalue weighted by molar-refractivity contribution is 7.17. The third kappa shape index (κ3) is 5.03. The van der Waals surface area contributed by atoms with Crippen molar-refractivity contribution >= 4 is 33.6 Å². The van der Waals surface area contributed by atoms with Crippen LogP contribution >= 0.6 is 11.3 Å². The largest absolute Gasteiger partial charge is 0.477 e. The van der Waals surface area contributed by atoms with Crippen LogP contribution in [0.5, 0.6) is 5.88 Å². The number of hydrogen-bond donors (Lipinski definition) is 1. The second-order valence-corrected chi connectivity index (χ2v) is 9.73. The number of amides is 2. The molecule has 1 N–H and O–H groups in total. The molecule has 0 spiro atoms. The van der Waals surface area contributed by atoms with Gasteiger partial charge in [-0.05, 0) is 20.8 Å². The number of alkyl halides is 3. The highest BCUT2D eigenvalue weighted by Gasteiger charge is 2.44. The maximum Gasteiger partial charge on any atom is 0.418 e. The smallest absolute Gasteiger partial charge is 0.418 e. The van der Waals surface area contributed by atoms with Gasteiger partial charge in [0.05, 0.1) is 28.0 Å². The summed E-state index contributed by atoms with van der Waals surface area (Å²) in [6, 6.07) is 0.847. The van der Waals surface area contributed by atoms with E-state index in [1.54, 1.807) is 20.8 Å². The Morgan fingerprint density at radius 3 is 2.48 bits per heavy atom. The summed E-state index contributed by atoms with van der Waals surface area (Å²) in [6.45, 7) is 7.91. The van der Waals surface area contributed by atoms with Gasteiger partial charge in [0.25, 0.3) is 5.91 Å². The summed E-state index contributed by atoms with van der Waals surface area (Å²) in [5.41, 5.74) is -1.96. The van der Waals surface area contributed by atoms with E-state index in [2.05, 4.69) is 10.3 Å². The number of carbonyl (C=O) groups is 2. The molecule has 0 bridgehead atoms. The quantitative estimate of drug-likeness (QED) is 0.737. The van der Waals surface area contributed by atoms with Gasteiger partial charge in [-0.1, -0.05) is 6.92 Å². The first-order valence-corrected chi connectivity index (χ1v) is 10.4. The molecule has 1 aliphatic heterocycles. The van der Waals surface area contributed by atoms with E-state index in [1.165, 1.54) is 17.3 Å².